The van der Waals surface area contributed by atoms with Crippen LogP contribution in [0.2, 0.25) is 0 Å². The third kappa shape index (κ3) is 4.78. The molecule has 0 bridgehead atoms. The molecule has 1 saturated heterocycles. The highest BCUT2D eigenvalue weighted by Gasteiger charge is 2.39. The van der Waals surface area contributed by atoms with Gasteiger partial charge in [-0.05, 0) is 12.1 Å². The van der Waals surface area contributed by atoms with E-state index in [-0.39, 0.29) is 24.1 Å². The average molecular weight is 498 g/mol. The Balaban J connectivity index is 1.40. The normalized spacial score (nSPS) is 15.2. The highest BCUT2D eigenvalue weighted by molar-refractivity contribution is 5.65. The number of ether oxygens (including phenoxy) is 1. The number of nitrogens with zero attached hydrogens (tertiary/aromatic N) is 6. The molecule has 1 fully saturated rings. The van der Waals surface area contributed by atoms with Crippen LogP contribution < -0.4 is 4.90 Å². The Hall–Kier alpha value is -3.68. The van der Waals surface area contributed by atoms with Gasteiger partial charge in [-0.2, -0.15) is 31.4 Å². The van der Waals surface area contributed by atoms with Crippen LogP contribution in [-0.4, -0.2) is 51.2 Å². The fourth-order valence-electron chi connectivity index (χ4n) is 3.69. The molecule has 0 unspecified atom stereocenters. The molecule has 3 aliphatic heterocycles. The fraction of sp³-hybridized carbons (Fsp3) is 0.333. The maximum atomic E-state index is 13.5. The van der Waals surface area contributed by atoms with Gasteiger partial charge in [0.15, 0.2) is 5.76 Å². The highest BCUT2D eigenvalue weighted by Crippen LogP contribution is 2.40. The van der Waals surface area contributed by atoms with Gasteiger partial charge in [-0.3, -0.25) is 4.68 Å². The van der Waals surface area contributed by atoms with Gasteiger partial charge < -0.3 is 14.2 Å². The van der Waals surface area contributed by atoms with Crippen LogP contribution in [0.3, 0.4) is 0 Å². The van der Waals surface area contributed by atoms with E-state index in [1.54, 1.807) is 6.20 Å². The number of benzene rings is 1. The smallest absolute Gasteiger partial charge is 0.378 e. The summed E-state index contributed by atoms with van der Waals surface area (Å²) in [6.07, 6.45) is -6.83. The van der Waals surface area contributed by atoms with E-state index in [1.165, 1.54) is 16.9 Å². The Bertz CT molecular complexity index is 1310. The zero-order chi connectivity index (χ0) is 24.8. The molecular weight excluding hydrogens is 482 g/mol. The van der Waals surface area contributed by atoms with Crippen molar-refractivity contribution in [1.82, 2.24) is 24.9 Å². The van der Waals surface area contributed by atoms with E-state index in [4.69, 9.17) is 9.26 Å². The molecule has 0 saturated carbocycles. The van der Waals surface area contributed by atoms with E-state index in [0.717, 1.165) is 6.07 Å². The van der Waals surface area contributed by atoms with Crippen LogP contribution in [0.1, 0.15) is 16.9 Å². The van der Waals surface area contributed by atoms with Crippen LogP contribution >= 0.6 is 0 Å². The van der Waals surface area contributed by atoms with Crippen molar-refractivity contribution in [3.63, 3.8) is 0 Å². The van der Waals surface area contributed by atoms with Crippen molar-refractivity contribution >= 4 is 5.95 Å². The van der Waals surface area contributed by atoms with Crippen LogP contribution in [0.15, 0.2) is 41.2 Å². The Morgan fingerprint density at radius 3 is 2.34 bits per heavy atom. The molecule has 184 valence electrons. The maximum absolute atomic E-state index is 13.5. The van der Waals surface area contributed by atoms with Crippen LogP contribution in [0.4, 0.5) is 32.3 Å². The number of fused-ring (bicyclic) bond motifs is 1. The van der Waals surface area contributed by atoms with E-state index >= 15 is 0 Å². The van der Waals surface area contributed by atoms with Crippen LogP contribution in [0.5, 0.6) is 0 Å². The topological polar surface area (TPSA) is 82.1 Å². The molecule has 4 heterocycles. The summed E-state index contributed by atoms with van der Waals surface area (Å²) in [5.41, 5.74) is -2.50. The lowest BCUT2D eigenvalue weighted by atomic mass is 10.0. The molecule has 0 spiro atoms. The molecule has 0 radical (unpaired) electrons. The van der Waals surface area contributed by atoms with E-state index < -0.39 is 29.0 Å². The minimum Gasteiger partial charge on any atom is -0.378 e. The predicted octanol–water partition coefficient (Wildman–Crippen LogP) is 4.36. The van der Waals surface area contributed by atoms with Crippen molar-refractivity contribution in [3.05, 3.63) is 53.5 Å². The maximum Gasteiger partial charge on any atom is 0.417 e. The summed E-state index contributed by atoms with van der Waals surface area (Å²) in [6, 6.07) is 2.60. The molecule has 1 aromatic heterocycles. The SMILES string of the molecule is FC(F)(F)c1ccc(-c2cc(Cn3cc4nc(N5CCOCC5)nc-4cn3)on2)c(C(F)(F)F)c1. The number of anilines is 1. The van der Waals surface area contributed by atoms with E-state index in [9.17, 15) is 26.3 Å². The second-order valence-corrected chi connectivity index (χ2v) is 7.80. The van der Waals surface area contributed by atoms with Crippen LogP contribution in [0, 0.1) is 0 Å². The fourth-order valence-corrected chi connectivity index (χ4v) is 3.69. The summed E-state index contributed by atoms with van der Waals surface area (Å²) in [4.78, 5) is 10.9. The van der Waals surface area contributed by atoms with Gasteiger partial charge in [-0.15, -0.1) is 0 Å². The van der Waals surface area contributed by atoms with Gasteiger partial charge in [-0.1, -0.05) is 11.2 Å². The molecule has 1 aromatic carbocycles. The number of aromatic nitrogens is 5. The Morgan fingerprint density at radius 2 is 1.63 bits per heavy atom. The summed E-state index contributed by atoms with van der Waals surface area (Å²) in [6.45, 7) is 2.48. The number of imidazole rings is 1. The number of alkyl halides is 6. The molecule has 8 nitrogen and oxygen atoms in total. The Morgan fingerprint density at radius 1 is 0.886 bits per heavy atom. The second kappa shape index (κ2) is 8.52. The summed E-state index contributed by atoms with van der Waals surface area (Å²) < 4.78 is 91.1. The zero-order valence-electron chi connectivity index (χ0n) is 17.8. The number of morpholine rings is 1. The van der Waals surface area contributed by atoms with Gasteiger partial charge in [0, 0.05) is 24.7 Å². The van der Waals surface area contributed by atoms with E-state index in [1.807, 2.05) is 4.90 Å². The van der Waals surface area contributed by atoms with Crippen molar-refractivity contribution in [2.75, 3.05) is 31.2 Å². The number of halogens is 6. The van der Waals surface area contributed by atoms with Gasteiger partial charge in [0.05, 0.1) is 36.7 Å². The number of hydrogen-bond acceptors (Lipinski definition) is 7. The molecule has 3 aliphatic rings. The van der Waals surface area contributed by atoms with Gasteiger partial charge in [-0.25, -0.2) is 9.97 Å². The van der Waals surface area contributed by atoms with Crippen molar-refractivity contribution in [3.8, 4) is 22.6 Å². The summed E-state index contributed by atoms with van der Waals surface area (Å²) in [5.74, 6) is 0.699. The quantitative estimate of drug-likeness (QED) is 0.387. The molecule has 35 heavy (non-hydrogen) atoms. The molecule has 0 N–H and O–H groups in total. The second-order valence-electron chi connectivity index (χ2n) is 7.80. The lowest BCUT2D eigenvalue weighted by Gasteiger charge is -2.25. The average Bonchev–Trinajstić information content (AvgIpc) is 3.45. The van der Waals surface area contributed by atoms with Gasteiger partial charge >= 0.3 is 12.4 Å². The summed E-state index contributed by atoms with van der Waals surface area (Å²) in [7, 11) is 0. The molecule has 0 aliphatic carbocycles. The van der Waals surface area contributed by atoms with Crippen LogP contribution in [-0.2, 0) is 23.6 Å². The molecule has 2 aromatic rings. The Kier molecular flexibility index (Phi) is 5.62. The first-order chi connectivity index (χ1) is 16.6. The van der Waals surface area contributed by atoms with E-state index in [0.29, 0.717) is 49.7 Å². The molecule has 0 amide bonds. The summed E-state index contributed by atoms with van der Waals surface area (Å²) in [5, 5.41) is 7.85. The lowest BCUT2D eigenvalue weighted by molar-refractivity contribution is -0.142. The predicted molar refractivity (Wildman–Crippen MR) is 109 cm³/mol. The minimum atomic E-state index is -5.02. The van der Waals surface area contributed by atoms with Gasteiger partial charge in [0.25, 0.3) is 0 Å². The van der Waals surface area contributed by atoms with Crippen molar-refractivity contribution in [1.29, 1.82) is 0 Å². The standard InChI is InChI=1S/C21H16F6N6O2/c22-20(23,24)12-1-2-14(15(7-12)21(25,26)27)16-8-13(35-31-16)10-33-11-18-17(9-28-33)29-19(30-18)32-3-5-34-6-4-32/h1-2,7-9,11H,3-6,10H2. The molecular formula is C21H16F6N6O2. The lowest BCUT2D eigenvalue weighted by Crippen LogP contribution is -2.36. The van der Waals surface area contributed by atoms with Gasteiger partial charge in [0.1, 0.15) is 23.6 Å². The van der Waals surface area contributed by atoms with Gasteiger partial charge in [0.2, 0.25) is 5.95 Å². The first-order valence-corrected chi connectivity index (χ1v) is 10.4. The number of hydrogen-bond donors (Lipinski definition) is 0. The number of rotatable bonds is 4. The van der Waals surface area contributed by atoms with Crippen molar-refractivity contribution in [2.45, 2.75) is 18.9 Å². The minimum absolute atomic E-state index is 0.00464. The highest BCUT2D eigenvalue weighted by atomic mass is 19.4. The van der Waals surface area contributed by atoms with Crippen molar-refractivity contribution in [2.24, 2.45) is 0 Å². The molecule has 0 atom stereocenters. The third-order valence-electron chi connectivity index (χ3n) is 5.40. The third-order valence-corrected chi connectivity index (χ3v) is 5.40. The first-order valence-electron chi connectivity index (χ1n) is 10.4. The van der Waals surface area contributed by atoms with E-state index in [2.05, 4.69) is 20.2 Å². The molecule has 14 heteroatoms. The monoisotopic (exact) mass is 498 g/mol. The molecule has 5 rings (SSSR count). The van der Waals surface area contributed by atoms with Crippen LogP contribution in [0.25, 0.3) is 22.6 Å². The summed E-state index contributed by atoms with van der Waals surface area (Å²) >= 11 is 0. The largest absolute Gasteiger partial charge is 0.417 e. The Labute approximate surface area is 193 Å². The first kappa shape index (κ1) is 23.1. The van der Waals surface area contributed by atoms with Crippen molar-refractivity contribution < 1.29 is 35.6 Å². The zero-order valence-corrected chi connectivity index (χ0v) is 17.8.